The standard InChI is InChI=1S/C23H23ClN4O3S2/c1-14-6-9-17(10-7-14)33(30,31)12-4-5-20(29)25-19-13-16(3)27-28(19)23-26-21-15(2)8-11-18(24)22(21)32-23/h6-11,13H,4-5,12H2,1-3H3,(H,25,29). The molecule has 33 heavy (non-hydrogen) atoms. The molecule has 0 unspecified atom stereocenters. The number of amides is 1. The van der Waals surface area contributed by atoms with Crippen molar-refractivity contribution in [1.29, 1.82) is 0 Å². The zero-order valence-corrected chi connectivity index (χ0v) is 20.8. The van der Waals surface area contributed by atoms with Gasteiger partial charge in [-0.15, -0.1) is 0 Å². The predicted molar refractivity (Wildman–Crippen MR) is 132 cm³/mol. The molecule has 10 heteroatoms. The van der Waals surface area contributed by atoms with Gasteiger partial charge in [-0.2, -0.15) is 9.78 Å². The minimum absolute atomic E-state index is 0.0695. The molecule has 0 fully saturated rings. The molecule has 2 heterocycles. The molecule has 0 bridgehead atoms. The van der Waals surface area contributed by atoms with Gasteiger partial charge in [0.05, 0.1) is 31.6 Å². The highest BCUT2D eigenvalue weighted by atomic mass is 35.5. The summed E-state index contributed by atoms with van der Waals surface area (Å²) in [6.45, 7) is 5.69. The minimum atomic E-state index is -3.43. The summed E-state index contributed by atoms with van der Waals surface area (Å²) in [4.78, 5) is 17.5. The Morgan fingerprint density at radius 3 is 2.55 bits per heavy atom. The third-order valence-corrected chi connectivity index (χ3v) is 8.47. The molecule has 0 aliphatic heterocycles. The van der Waals surface area contributed by atoms with Crippen molar-refractivity contribution in [3.05, 3.63) is 64.3 Å². The number of nitrogens with zero attached hydrogens (tertiary/aromatic N) is 3. The Kier molecular flexibility index (Phi) is 6.56. The number of carbonyl (C=O) groups is 1. The van der Waals surface area contributed by atoms with E-state index < -0.39 is 9.84 Å². The number of hydrogen-bond acceptors (Lipinski definition) is 6. The topological polar surface area (TPSA) is 94.0 Å². The number of halogens is 1. The van der Waals surface area contributed by atoms with Crippen LogP contribution in [-0.4, -0.2) is 34.8 Å². The molecule has 4 rings (SSSR count). The second kappa shape index (κ2) is 9.24. The van der Waals surface area contributed by atoms with Gasteiger partial charge >= 0.3 is 0 Å². The van der Waals surface area contributed by atoms with Gasteiger partial charge in [-0.3, -0.25) is 4.79 Å². The third-order valence-electron chi connectivity index (χ3n) is 5.16. The SMILES string of the molecule is Cc1ccc(S(=O)(=O)CCCC(=O)Nc2cc(C)nn2-c2nc3c(C)ccc(Cl)c3s2)cc1. The molecule has 0 aliphatic rings. The number of aromatic nitrogens is 3. The molecule has 0 aliphatic carbocycles. The Morgan fingerprint density at radius 2 is 1.85 bits per heavy atom. The Hall–Kier alpha value is -2.75. The maximum atomic E-state index is 12.6. The van der Waals surface area contributed by atoms with Crippen LogP contribution in [0.3, 0.4) is 0 Å². The quantitative estimate of drug-likeness (QED) is 0.372. The van der Waals surface area contributed by atoms with E-state index in [1.54, 1.807) is 35.0 Å². The molecule has 1 N–H and O–H groups in total. The van der Waals surface area contributed by atoms with Crippen molar-refractivity contribution in [1.82, 2.24) is 14.8 Å². The summed E-state index contributed by atoms with van der Waals surface area (Å²) in [7, 11) is -3.43. The maximum Gasteiger partial charge on any atom is 0.225 e. The summed E-state index contributed by atoms with van der Waals surface area (Å²) >= 11 is 7.72. The van der Waals surface area contributed by atoms with E-state index in [4.69, 9.17) is 11.6 Å². The molecular weight excluding hydrogens is 480 g/mol. The van der Waals surface area contributed by atoms with Crippen LogP contribution in [0.4, 0.5) is 5.82 Å². The molecule has 2 aromatic heterocycles. The first-order valence-electron chi connectivity index (χ1n) is 10.4. The third kappa shape index (κ3) is 5.10. The Bertz CT molecular complexity index is 1400. The Labute approximate surface area is 201 Å². The van der Waals surface area contributed by atoms with Crippen molar-refractivity contribution in [2.45, 2.75) is 38.5 Å². The molecule has 0 atom stereocenters. The monoisotopic (exact) mass is 502 g/mol. The van der Waals surface area contributed by atoms with E-state index in [0.717, 1.165) is 21.3 Å². The number of anilines is 1. The number of nitrogens with one attached hydrogen (secondary N) is 1. The van der Waals surface area contributed by atoms with E-state index in [0.29, 0.717) is 21.7 Å². The van der Waals surface area contributed by atoms with Crippen LogP contribution in [0.15, 0.2) is 47.4 Å². The average Bonchev–Trinajstić information content (AvgIpc) is 3.35. The molecular formula is C23H23ClN4O3S2. The van der Waals surface area contributed by atoms with Gasteiger partial charge in [0.2, 0.25) is 11.0 Å². The number of benzene rings is 2. The number of hydrogen-bond donors (Lipinski definition) is 1. The number of thiazole rings is 1. The fraction of sp³-hybridized carbons (Fsp3) is 0.261. The van der Waals surface area contributed by atoms with Crippen molar-refractivity contribution in [2.24, 2.45) is 0 Å². The first-order valence-corrected chi connectivity index (χ1v) is 13.2. The number of aryl methyl sites for hydroxylation is 3. The summed E-state index contributed by atoms with van der Waals surface area (Å²) in [5, 5.41) is 8.51. The molecule has 2 aromatic carbocycles. The smallest absolute Gasteiger partial charge is 0.225 e. The van der Waals surface area contributed by atoms with Gasteiger partial charge < -0.3 is 5.32 Å². The first kappa shape index (κ1) is 23.4. The lowest BCUT2D eigenvalue weighted by molar-refractivity contribution is -0.116. The van der Waals surface area contributed by atoms with E-state index in [9.17, 15) is 13.2 Å². The van der Waals surface area contributed by atoms with Crippen molar-refractivity contribution in [3.63, 3.8) is 0 Å². The van der Waals surface area contributed by atoms with E-state index in [1.807, 2.05) is 32.9 Å². The van der Waals surface area contributed by atoms with Crippen LogP contribution in [-0.2, 0) is 14.6 Å². The molecule has 172 valence electrons. The zero-order valence-electron chi connectivity index (χ0n) is 18.4. The van der Waals surface area contributed by atoms with Gasteiger partial charge in [-0.25, -0.2) is 13.4 Å². The normalized spacial score (nSPS) is 11.8. The van der Waals surface area contributed by atoms with Crippen molar-refractivity contribution >= 4 is 54.7 Å². The number of rotatable bonds is 7. The Morgan fingerprint density at radius 1 is 1.12 bits per heavy atom. The summed E-state index contributed by atoms with van der Waals surface area (Å²) in [6, 6.07) is 12.2. The van der Waals surface area contributed by atoms with Gasteiger partial charge in [0.25, 0.3) is 0 Å². The van der Waals surface area contributed by atoms with Crippen LogP contribution in [0.25, 0.3) is 15.3 Å². The van der Waals surface area contributed by atoms with Crippen molar-refractivity contribution < 1.29 is 13.2 Å². The molecule has 0 saturated carbocycles. The van der Waals surface area contributed by atoms with E-state index in [1.165, 1.54) is 11.3 Å². The lowest BCUT2D eigenvalue weighted by atomic mass is 10.2. The van der Waals surface area contributed by atoms with Crippen LogP contribution < -0.4 is 5.32 Å². The van der Waals surface area contributed by atoms with Crippen molar-refractivity contribution in [3.8, 4) is 5.13 Å². The highest BCUT2D eigenvalue weighted by Crippen LogP contribution is 2.34. The van der Waals surface area contributed by atoms with Crippen LogP contribution in [0, 0.1) is 20.8 Å². The Balaban J connectivity index is 1.46. The van der Waals surface area contributed by atoms with E-state index >= 15 is 0 Å². The average molecular weight is 503 g/mol. The molecule has 1 amide bonds. The number of sulfone groups is 1. The van der Waals surface area contributed by atoms with Crippen LogP contribution in [0.2, 0.25) is 5.02 Å². The number of fused-ring (bicyclic) bond motifs is 1. The fourth-order valence-corrected chi connectivity index (χ4v) is 6.00. The van der Waals surface area contributed by atoms with Crippen LogP contribution in [0.1, 0.15) is 29.7 Å². The summed E-state index contributed by atoms with van der Waals surface area (Å²) in [6.07, 6.45) is 0.283. The molecule has 4 aromatic rings. The van der Waals surface area contributed by atoms with Gasteiger partial charge in [0.1, 0.15) is 5.82 Å². The molecule has 7 nitrogen and oxygen atoms in total. The highest BCUT2D eigenvalue weighted by Gasteiger charge is 2.18. The van der Waals surface area contributed by atoms with E-state index in [2.05, 4.69) is 15.4 Å². The summed E-state index contributed by atoms with van der Waals surface area (Å²) in [5.74, 6) is 0.0922. The first-order chi connectivity index (χ1) is 15.6. The minimum Gasteiger partial charge on any atom is -0.311 e. The fourth-order valence-electron chi connectivity index (χ4n) is 3.41. The van der Waals surface area contributed by atoms with Crippen LogP contribution >= 0.6 is 22.9 Å². The predicted octanol–water partition coefficient (Wildman–Crippen LogP) is 5.25. The van der Waals surface area contributed by atoms with Gasteiger partial charge in [0.15, 0.2) is 9.84 Å². The van der Waals surface area contributed by atoms with Gasteiger partial charge in [0, 0.05) is 12.5 Å². The lowest BCUT2D eigenvalue weighted by Crippen LogP contribution is -2.16. The highest BCUT2D eigenvalue weighted by molar-refractivity contribution is 7.91. The van der Waals surface area contributed by atoms with Gasteiger partial charge in [-0.1, -0.05) is 46.7 Å². The molecule has 0 radical (unpaired) electrons. The largest absolute Gasteiger partial charge is 0.311 e. The van der Waals surface area contributed by atoms with Crippen molar-refractivity contribution in [2.75, 3.05) is 11.1 Å². The number of carbonyl (C=O) groups excluding carboxylic acids is 1. The zero-order chi connectivity index (χ0) is 23.8. The maximum absolute atomic E-state index is 12.6. The molecule has 0 spiro atoms. The van der Waals surface area contributed by atoms with Crippen LogP contribution in [0.5, 0.6) is 0 Å². The van der Waals surface area contributed by atoms with Gasteiger partial charge in [-0.05, 0) is 51.0 Å². The second-order valence-electron chi connectivity index (χ2n) is 7.90. The lowest BCUT2D eigenvalue weighted by Gasteiger charge is -2.07. The molecule has 0 saturated heterocycles. The van der Waals surface area contributed by atoms with E-state index in [-0.39, 0.29) is 29.4 Å². The summed E-state index contributed by atoms with van der Waals surface area (Å²) < 4.78 is 27.4. The summed E-state index contributed by atoms with van der Waals surface area (Å²) in [5.41, 5.74) is 3.51. The second-order valence-corrected chi connectivity index (χ2v) is 11.4.